The third kappa shape index (κ3) is 5.43. The molecule has 0 aliphatic rings. The summed E-state index contributed by atoms with van der Waals surface area (Å²) in [5.74, 6) is 0.441. The molecule has 0 saturated heterocycles. The van der Waals surface area contributed by atoms with Gasteiger partial charge in [0.2, 0.25) is 0 Å². The summed E-state index contributed by atoms with van der Waals surface area (Å²) in [4.78, 5) is 35.1. The molecule has 0 spiro atoms. The molecule has 0 saturated carbocycles. The molecular weight excluding hydrogens is 538 g/mol. The zero-order chi connectivity index (χ0) is 25.8. The standard InChI is InChI=1S/C27H30BrN5O2S/c1-17(2)23(32(15-7-14-29)26(34)20-10-12-21(28)13-11-20)24-30-25-22(18(3)31-36-25)27(35)33(24)16-19-8-5-4-6-9-19/h4-6,8-13,17,23H,7,14-16,29H2,1-3H3/t23-/m1/s1. The van der Waals surface area contributed by atoms with Gasteiger partial charge in [-0.25, -0.2) is 4.98 Å². The van der Waals surface area contributed by atoms with E-state index in [2.05, 4.69) is 34.2 Å². The summed E-state index contributed by atoms with van der Waals surface area (Å²) in [5, 5.41) is 0.537. The van der Waals surface area contributed by atoms with E-state index in [-0.39, 0.29) is 17.4 Å². The Balaban J connectivity index is 1.91. The second-order valence-electron chi connectivity index (χ2n) is 9.13. The molecule has 0 fully saturated rings. The lowest BCUT2D eigenvalue weighted by Gasteiger charge is -2.35. The van der Waals surface area contributed by atoms with Crippen LogP contribution >= 0.6 is 27.5 Å². The van der Waals surface area contributed by atoms with Crippen LogP contribution in [-0.2, 0) is 6.54 Å². The van der Waals surface area contributed by atoms with E-state index in [4.69, 9.17) is 10.7 Å². The van der Waals surface area contributed by atoms with Crippen molar-refractivity contribution in [2.24, 2.45) is 11.7 Å². The number of fused-ring (bicyclic) bond motifs is 1. The zero-order valence-corrected chi connectivity index (χ0v) is 23.1. The van der Waals surface area contributed by atoms with E-state index in [0.717, 1.165) is 10.0 Å². The van der Waals surface area contributed by atoms with Crippen LogP contribution in [-0.4, -0.2) is 37.8 Å². The summed E-state index contributed by atoms with van der Waals surface area (Å²) in [7, 11) is 0. The molecule has 7 nitrogen and oxygen atoms in total. The minimum Gasteiger partial charge on any atom is -0.330 e. The Morgan fingerprint density at radius 3 is 2.47 bits per heavy atom. The zero-order valence-electron chi connectivity index (χ0n) is 20.6. The summed E-state index contributed by atoms with van der Waals surface area (Å²) in [5.41, 5.74) is 7.96. The van der Waals surface area contributed by atoms with Crippen molar-refractivity contribution in [2.75, 3.05) is 13.1 Å². The van der Waals surface area contributed by atoms with Crippen molar-refractivity contribution in [3.63, 3.8) is 0 Å². The van der Waals surface area contributed by atoms with E-state index in [1.54, 1.807) is 16.7 Å². The number of amides is 1. The topological polar surface area (TPSA) is 94.1 Å². The lowest BCUT2D eigenvalue weighted by Crippen LogP contribution is -2.42. The minimum atomic E-state index is -0.434. The predicted molar refractivity (Wildman–Crippen MR) is 148 cm³/mol. The van der Waals surface area contributed by atoms with Crippen LogP contribution in [0, 0.1) is 12.8 Å². The molecule has 1 amide bonds. The highest BCUT2D eigenvalue weighted by Gasteiger charge is 2.33. The molecule has 0 aliphatic heterocycles. The van der Waals surface area contributed by atoms with Gasteiger partial charge in [-0.3, -0.25) is 14.2 Å². The van der Waals surface area contributed by atoms with E-state index in [1.807, 2.05) is 54.3 Å². The van der Waals surface area contributed by atoms with E-state index >= 15 is 0 Å². The SMILES string of the molecule is Cc1nsc2nc([C@@H](C(C)C)N(CCCN)C(=O)c3ccc(Br)cc3)n(Cc3ccccc3)c(=O)c12. The molecule has 0 bridgehead atoms. The predicted octanol–water partition coefficient (Wildman–Crippen LogP) is 5.16. The van der Waals surface area contributed by atoms with Crippen LogP contribution in [0.3, 0.4) is 0 Å². The van der Waals surface area contributed by atoms with Crippen molar-refractivity contribution in [3.05, 3.63) is 92.1 Å². The number of carbonyl (C=O) groups excluding carboxylic acids is 1. The van der Waals surface area contributed by atoms with Gasteiger partial charge in [0.25, 0.3) is 11.5 Å². The first kappa shape index (κ1) is 26.2. The normalized spacial score (nSPS) is 12.3. The maximum Gasteiger partial charge on any atom is 0.264 e. The summed E-state index contributed by atoms with van der Waals surface area (Å²) in [6.45, 7) is 7.19. The number of halogens is 1. The van der Waals surface area contributed by atoms with E-state index in [1.165, 1.54) is 11.5 Å². The van der Waals surface area contributed by atoms with E-state index in [9.17, 15) is 9.59 Å². The molecule has 0 unspecified atom stereocenters. The van der Waals surface area contributed by atoms with Gasteiger partial charge in [-0.1, -0.05) is 60.1 Å². The number of hydrogen-bond acceptors (Lipinski definition) is 6. The molecule has 2 heterocycles. The Bertz CT molecular complexity index is 1400. The average Bonchev–Trinajstić information content (AvgIpc) is 3.24. The molecule has 188 valence electrons. The van der Waals surface area contributed by atoms with Gasteiger partial charge < -0.3 is 10.6 Å². The highest BCUT2D eigenvalue weighted by Crippen LogP contribution is 2.31. The molecule has 2 aromatic carbocycles. The van der Waals surface area contributed by atoms with Crippen molar-refractivity contribution in [3.8, 4) is 0 Å². The third-order valence-corrected chi connectivity index (χ3v) is 7.53. The van der Waals surface area contributed by atoms with Gasteiger partial charge in [0, 0.05) is 16.6 Å². The first-order valence-corrected chi connectivity index (χ1v) is 13.6. The van der Waals surface area contributed by atoms with Crippen molar-refractivity contribution in [1.82, 2.24) is 18.8 Å². The van der Waals surface area contributed by atoms with Crippen molar-refractivity contribution in [1.29, 1.82) is 0 Å². The molecule has 1 atom stereocenters. The highest BCUT2D eigenvalue weighted by molar-refractivity contribution is 9.10. The van der Waals surface area contributed by atoms with Crippen molar-refractivity contribution < 1.29 is 4.79 Å². The second-order valence-corrected chi connectivity index (χ2v) is 10.8. The van der Waals surface area contributed by atoms with Crippen LogP contribution in [0.2, 0.25) is 0 Å². The Kier molecular flexibility index (Phi) is 8.33. The molecule has 2 aromatic heterocycles. The van der Waals surface area contributed by atoms with Crippen molar-refractivity contribution >= 4 is 43.6 Å². The minimum absolute atomic E-state index is 0.0115. The summed E-state index contributed by atoms with van der Waals surface area (Å²) in [6.07, 6.45) is 0.635. The van der Waals surface area contributed by atoms with Crippen LogP contribution in [0.4, 0.5) is 0 Å². The molecular formula is C27H30BrN5O2S. The van der Waals surface area contributed by atoms with Gasteiger partial charge in [-0.15, -0.1) is 0 Å². The number of aryl methyl sites for hydroxylation is 1. The number of rotatable bonds is 9. The molecule has 4 rings (SSSR count). The Morgan fingerprint density at radius 2 is 1.83 bits per heavy atom. The Labute approximate surface area is 223 Å². The van der Waals surface area contributed by atoms with Gasteiger partial charge in [-0.05, 0) is 67.2 Å². The lowest BCUT2D eigenvalue weighted by molar-refractivity contribution is 0.0603. The summed E-state index contributed by atoms with van der Waals surface area (Å²) in [6, 6.07) is 16.7. The van der Waals surface area contributed by atoms with Crippen LogP contribution < -0.4 is 11.3 Å². The fourth-order valence-corrected chi connectivity index (χ4v) is 5.45. The lowest BCUT2D eigenvalue weighted by atomic mass is 9.99. The smallest absolute Gasteiger partial charge is 0.264 e. The van der Waals surface area contributed by atoms with Gasteiger partial charge in [0.15, 0.2) is 4.83 Å². The maximum atomic E-state index is 13.8. The monoisotopic (exact) mass is 567 g/mol. The number of aromatic nitrogens is 3. The quantitative estimate of drug-likeness (QED) is 0.301. The molecule has 36 heavy (non-hydrogen) atoms. The molecule has 4 aromatic rings. The molecule has 2 N–H and O–H groups in total. The number of carbonyl (C=O) groups is 1. The number of nitrogens with zero attached hydrogens (tertiary/aromatic N) is 4. The Morgan fingerprint density at radius 1 is 1.14 bits per heavy atom. The Hall–Kier alpha value is -2.88. The fraction of sp³-hybridized carbons (Fsp3) is 0.333. The number of hydrogen-bond donors (Lipinski definition) is 1. The second kappa shape index (κ2) is 11.5. The first-order valence-electron chi connectivity index (χ1n) is 12.0. The first-order chi connectivity index (χ1) is 17.3. The number of benzene rings is 2. The van der Waals surface area contributed by atoms with Crippen LogP contribution in [0.15, 0.2) is 63.9 Å². The maximum absolute atomic E-state index is 13.8. The van der Waals surface area contributed by atoms with Gasteiger partial charge in [0.1, 0.15) is 5.82 Å². The molecule has 9 heteroatoms. The van der Waals surface area contributed by atoms with Crippen LogP contribution in [0.25, 0.3) is 10.2 Å². The van der Waals surface area contributed by atoms with Gasteiger partial charge >= 0.3 is 0 Å². The van der Waals surface area contributed by atoms with E-state index in [0.29, 0.717) is 53.4 Å². The van der Waals surface area contributed by atoms with E-state index < -0.39 is 6.04 Å². The largest absolute Gasteiger partial charge is 0.330 e. The van der Waals surface area contributed by atoms with Crippen LogP contribution in [0.1, 0.15) is 53.7 Å². The molecule has 0 radical (unpaired) electrons. The average molecular weight is 569 g/mol. The highest BCUT2D eigenvalue weighted by atomic mass is 79.9. The summed E-state index contributed by atoms with van der Waals surface area (Å²) < 4.78 is 7.02. The molecule has 0 aliphatic carbocycles. The third-order valence-electron chi connectivity index (χ3n) is 6.17. The van der Waals surface area contributed by atoms with Crippen molar-refractivity contribution in [2.45, 2.75) is 39.8 Å². The summed E-state index contributed by atoms with van der Waals surface area (Å²) >= 11 is 4.66. The fourth-order valence-electron chi connectivity index (χ4n) is 4.41. The van der Waals surface area contributed by atoms with Gasteiger partial charge in [-0.2, -0.15) is 4.37 Å². The van der Waals surface area contributed by atoms with Gasteiger partial charge in [0.05, 0.1) is 23.7 Å². The van der Waals surface area contributed by atoms with Crippen LogP contribution in [0.5, 0.6) is 0 Å². The number of nitrogens with two attached hydrogens (primary N) is 1.